The summed E-state index contributed by atoms with van der Waals surface area (Å²) in [7, 11) is -0.436. The van der Waals surface area contributed by atoms with Gasteiger partial charge in [0.15, 0.2) is 14.1 Å². The SMILES string of the molecule is C[C@@H](O[Si](C)(C)C(C)(C)C)C(C(=O)c1nccn1C)[C@@H](NC(=O)OC(C)(C)C)c1ccccc1. The second-order valence-corrected chi connectivity index (χ2v) is 16.1. The van der Waals surface area contributed by atoms with Crippen molar-refractivity contribution in [1.82, 2.24) is 14.9 Å². The molecule has 3 atom stereocenters. The lowest BCUT2D eigenvalue weighted by atomic mass is 9.85. The molecule has 0 fully saturated rings. The number of ether oxygens (including phenoxy) is 1. The number of hydrogen-bond acceptors (Lipinski definition) is 5. The zero-order valence-electron chi connectivity index (χ0n) is 22.3. The van der Waals surface area contributed by atoms with Crippen LogP contribution in [0.2, 0.25) is 18.1 Å². The highest BCUT2D eigenvalue weighted by atomic mass is 28.4. The number of benzene rings is 1. The van der Waals surface area contributed by atoms with Crippen LogP contribution in [0.5, 0.6) is 0 Å². The molecule has 0 bridgehead atoms. The van der Waals surface area contributed by atoms with Crippen LogP contribution in [0.25, 0.3) is 0 Å². The van der Waals surface area contributed by atoms with Gasteiger partial charge in [-0.15, -0.1) is 0 Å². The molecule has 0 saturated heterocycles. The van der Waals surface area contributed by atoms with E-state index in [0.717, 1.165) is 5.56 Å². The Hall–Kier alpha value is -2.45. The minimum Gasteiger partial charge on any atom is -0.444 e. The number of ketones is 1. The molecule has 188 valence electrons. The molecule has 0 aliphatic rings. The van der Waals surface area contributed by atoms with E-state index in [2.05, 4.69) is 44.2 Å². The average molecular weight is 488 g/mol. The van der Waals surface area contributed by atoms with Gasteiger partial charge in [-0.1, -0.05) is 51.1 Å². The van der Waals surface area contributed by atoms with Gasteiger partial charge in [0.1, 0.15) is 5.60 Å². The summed E-state index contributed by atoms with van der Waals surface area (Å²) >= 11 is 0. The van der Waals surface area contributed by atoms with Crippen LogP contribution in [-0.2, 0) is 16.2 Å². The Kier molecular flexibility index (Phi) is 8.53. The van der Waals surface area contributed by atoms with E-state index < -0.39 is 38.1 Å². The number of Topliss-reactive ketones (excluding diaryl/α,β-unsaturated/α-hetero) is 1. The average Bonchev–Trinajstić information content (AvgIpc) is 3.11. The van der Waals surface area contributed by atoms with Gasteiger partial charge < -0.3 is 19.0 Å². The number of nitrogens with zero attached hydrogens (tertiary/aromatic N) is 2. The molecule has 2 aromatic rings. The first-order valence-corrected chi connectivity index (χ1v) is 14.7. The third-order valence-electron chi connectivity index (χ3n) is 6.33. The number of hydrogen-bond donors (Lipinski definition) is 1. The first-order chi connectivity index (χ1) is 15.5. The Labute approximate surface area is 205 Å². The molecular weight excluding hydrogens is 446 g/mol. The lowest BCUT2D eigenvalue weighted by Gasteiger charge is -2.41. The largest absolute Gasteiger partial charge is 0.444 e. The minimum absolute atomic E-state index is 0.0427. The summed E-state index contributed by atoms with van der Waals surface area (Å²) in [6.07, 6.45) is 2.27. The normalized spacial score (nSPS) is 15.4. The monoisotopic (exact) mass is 487 g/mol. The van der Waals surface area contributed by atoms with Gasteiger partial charge in [0.05, 0.1) is 18.1 Å². The summed E-state index contributed by atoms with van der Waals surface area (Å²) in [6.45, 7) is 18.1. The molecule has 7 nitrogen and oxygen atoms in total. The van der Waals surface area contributed by atoms with E-state index in [0.29, 0.717) is 5.82 Å². The quantitative estimate of drug-likeness (QED) is 0.370. The Morgan fingerprint density at radius 2 is 1.65 bits per heavy atom. The number of nitrogens with one attached hydrogen (secondary N) is 1. The summed E-state index contributed by atoms with van der Waals surface area (Å²) in [5.41, 5.74) is 0.125. The van der Waals surface area contributed by atoms with E-state index in [1.807, 2.05) is 58.0 Å². The van der Waals surface area contributed by atoms with Crippen molar-refractivity contribution in [2.75, 3.05) is 0 Å². The third kappa shape index (κ3) is 7.02. The highest BCUT2D eigenvalue weighted by Gasteiger charge is 2.44. The van der Waals surface area contributed by atoms with Crippen LogP contribution in [0.4, 0.5) is 4.79 Å². The summed E-state index contributed by atoms with van der Waals surface area (Å²) in [6, 6.07) is 8.82. The van der Waals surface area contributed by atoms with Crippen LogP contribution in [-0.4, -0.2) is 41.4 Å². The predicted octanol–water partition coefficient (Wildman–Crippen LogP) is 5.90. The fraction of sp³-hybridized carbons (Fsp3) is 0.577. The molecule has 1 aromatic heterocycles. The third-order valence-corrected chi connectivity index (χ3v) is 10.9. The molecule has 1 aromatic carbocycles. The van der Waals surface area contributed by atoms with Crippen LogP contribution in [0.15, 0.2) is 42.7 Å². The molecule has 2 rings (SSSR count). The fourth-order valence-corrected chi connectivity index (χ4v) is 5.01. The lowest BCUT2D eigenvalue weighted by Crippen LogP contribution is -2.50. The summed E-state index contributed by atoms with van der Waals surface area (Å²) in [5, 5.41) is 2.93. The van der Waals surface area contributed by atoms with Crippen LogP contribution in [0.1, 0.15) is 70.7 Å². The van der Waals surface area contributed by atoms with Gasteiger partial charge in [0.2, 0.25) is 5.78 Å². The molecule has 0 aliphatic carbocycles. The Morgan fingerprint density at radius 1 is 1.06 bits per heavy atom. The van der Waals surface area contributed by atoms with Crippen LogP contribution < -0.4 is 5.32 Å². The van der Waals surface area contributed by atoms with Crippen molar-refractivity contribution in [2.45, 2.75) is 84.3 Å². The molecule has 1 amide bonds. The highest BCUT2D eigenvalue weighted by molar-refractivity contribution is 6.74. The molecule has 0 saturated carbocycles. The first-order valence-electron chi connectivity index (χ1n) is 11.8. The predicted molar refractivity (Wildman–Crippen MR) is 137 cm³/mol. The van der Waals surface area contributed by atoms with Gasteiger partial charge in [0.25, 0.3) is 0 Å². The van der Waals surface area contributed by atoms with Crippen LogP contribution >= 0.6 is 0 Å². The van der Waals surface area contributed by atoms with Gasteiger partial charge in [-0.2, -0.15) is 0 Å². The molecule has 1 N–H and O–H groups in total. The molecule has 1 heterocycles. The van der Waals surface area contributed by atoms with Crippen molar-refractivity contribution >= 4 is 20.2 Å². The maximum absolute atomic E-state index is 13.9. The van der Waals surface area contributed by atoms with E-state index >= 15 is 0 Å². The van der Waals surface area contributed by atoms with E-state index in [1.54, 1.807) is 24.0 Å². The topological polar surface area (TPSA) is 82.5 Å². The summed E-state index contributed by atoms with van der Waals surface area (Å²) < 4.78 is 14.0. The lowest BCUT2D eigenvalue weighted by molar-refractivity contribution is 0.0420. The van der Waals surface area contributed by atoms with Crippen molar-refractivity contribution in [2.24, 2.45) is 13.0 Å². The van der Waals surface area contributed by atoms with Crippen molar-refractivity contribution in [3.8, 4) is 0 Å². The van der Waals surface area contributed by atoms with E-state index in [-0.39, 0.29) is 10.8 Å². The Balaban J connectivity index is 2.57. The number of amides is 1. The summed E-state index contributed by atoms with van der Waals surface area (Å²) in [4.78, 5) is 31.1. The van der Waals surface area contributed by atoms with E-state index in [1.165, 1.54) is 0 Å². The molecule has 0 spiro atoms. The maximum Gasteiger partial charge on any atom is 0.408 e. The molecule has 34 heavy (non-hydrogen) atoms. The van der Waals surface area contributed by atoms with Crippen molar-refractivity contribution in [3.63, 3.8) is 0 Å². The molecule has 1 unspecified atom stereocenters. The second kappa shape index (κ2) is 10.4. The zero-order chi connectivity index (χ0) is 25.9. The van der Waals surface area contributed by atoms with Crippen molar-refractivity contribution < 1.29 is 18.8 Å². The number of rotatable bonds is 8. The number of aryl methyl sites for hydroxylation is 1. The van der Waals surface area contributed by atoms with E-state index in [4.69, 9.17) is 9.16 Å². The van der Waals surface area contributed by atoms with Crippen LogP contribution in [0.3, 0.4) is 0 Å². The molecule has 8 heteroatoms. The van der Waals surface area contributed by atoms with Gasteiger partial charge in [-0.25, -0.2) is 9.78 Å². The number of imidazole rings is 1. The number of carbonyl (C=O) groups is 2. The summed E-state index contributed by atoms with van der Waals surface area (Å²) in [5.74, 6) is -0.587. The van der Waals surface area contributed by atoms with Crippen LogP contribution in [0, 0.1) is 5.92 Å². The van der Waals surface area contributed by atoms with Gasteiger partial charge in [0, 0.05) is 19.4 Å². The number of alkyl carbamates (subject to hydrolysis) is 1. The second-order valence-electron chi connectivity index (χ2n) is 11.4. The maximum atomic E-state index is 13.9. The molecule has 0 radical (unpaired) electrons. The highest BCUT2D eigenvalue weighted by Crippen LogP contribution is 2.40. The number of aromatic nitrogens is 2. The smallest absolute Gasteiger partial charge is 0.408 e. The molecule has 0 aliphatic heterocycles. The minimum atomic E-state index is -2.22. The Morgan fingerprint density at radius 3 is 2.12 bits per heavy atom. The van der Waals surface area contributed by atoms with Gasteiger partial charge >= 0.3 is 6.09 Å². The first kappa shape index (κ1) is 27.8. The van der Waals surface area contributed by atoms with Gasteiger partial charge in [-0.05, 0) is 51.4 Å². The van der Waals surface area contributed by atoms with E-state index in [9.17, 15) is 9.59 Å². The fourth-order valence-electron chi connectivity index (χ4n) is 3.58. The number of carbonyl (C=O) groups excluding carboxylic acids is 2. The zero-order valence-corrected chi connectivity index (χ0v) is 23.3. The van der Waals surface area contributed by atoms with Crippen molar-refractivity contribution in [3.05, 3.63) is 54.1 Å². The standard InChI is InChI=1S/C26H41N3O4Si/c1-18(33-34(9,10)26(5,6)7)20(22(30)23-27-16-17-29(23)8)21(19-14-12-11-13-15-19)28-24(31)32-25(2,3)4/h11-18,20-21H,1-10H3,(H,28,31)/t18-,20?,21+/m1/s1. The Bertz CT molecular complexity index is 974. The van der Waals surface area contributed by atoms with Gasteiger partial charge in [-0.3, -0.25) is 4.79 Å². The van der Waals surface area contributed by atoms with Crippen molar-refractivity contribution in [1.29, 1.82) is 0 Å². The molecular formula is C26H41N3O4Si.